The van der Waals surface area contributed by atoms with Crippen LogP contribution < -0.4 is 11.1 Å². The summed E-state index contributed by atoms with van der Waals surface area (Å²) in [6, 6.07) is 4.72. The minimum atomic E-state index is -0.230. The van der Waals surface area contributed by atoms with Gasteiger partial charge in [-0.1, -0.05) is 6.07 Å². The normalized spacial score (nSPS) is 10.5. The molecule has 7 heteroatoms. The Morgan fingerprint density at radius 1 is 1.32 bits per heavy atom. The zero-order chi connectivity index (χ0) is 13.8. The van der Waals surface area contributed by atoms with E-state index < -0.39 is 0 Å². The highest BCUT2D eigenvalue weighted by molar-refractivity contribution is 6.28. The van der Waals surface area contributed by atoms with Crippen molar-refractivity contribution in [2.45, 2.75) is 13.3 Å². The third-order valence-electron chi connectivity index (χ3n) is 2.61. The van der Waals surface area contributed by atoms with Gasteiger partial charge in [0.2, 0.25) is 17.2 Å². The molecule has 0 saturated carbocycles. The number of halogens is 2. The highest BCUT2D eigenvalue weighted by atomic mass is 35.5. The fourth-order valence-corrected chi connectivity index (χ4v) is 1.86. The van der Waals surface area contributed by atoms with Gasteiger partial charge in [-0.25, -0.2) is 4.39 Å². The standard InChI is InChI=1S/C12H13ClFN5/c1-7-6-9(14)3-2-8(7)4-5-16-12-18-10(13)17-11(15)19-12/h2-3,6H,4-5H2,1H3,(H3,15,16,17,18,19). The summed E-state index contributed by atoms with van der Waals surface area (Å²) >= 11 is 5.66. The maximum Gasteiger partial charge on any atom is 0.228 e. The number of hydrogen-bond acceptors (Lipinski definition) is 5. The van der Waals surface area contributed by atoms with Gasteiger partial charge < -0.3 is 11.1 Å². The highest BCUT2D eigenvalue weighted by Crippen LogP contribution is 2.11. The Bertz CT molecular complexity index is 570. The largest absolute Gasteiger partial charge is 0.368 e. The van der Waals surface area contributed by atoms with Crippen molar-refractivity contribution in [2.24, 2.45) is 0 Å². The van der Waals surface area contributed by atoms with Gasteiger partial charge in [0.25, 0.3) is 0 Å². The van der Waals surface area contributed by atoms with E-state index in [1.165, 1.54) is 12.1 Å². The van der Waals surface area contributed by atoms with Gasteiger partial charge in [-0.15, -0.1) is 0 Å². The van der Waals surface area contributed by atoms with E-state index in [1.54, 1.807) is 6.07 Å². The first-order valence-corrected chi connectivity index (χ1v) is 6.08. The molecule has 19 heavy (non-hydrogen) atoms. The Morgan fingerprint density at radius 3 is 2.79 bits per heavy atom. The molecule has 1 aromatic carbocycles. The van der Waals surface area contributed by atoms with E-state index in [0.29, 0.717) is 12.5 Å². The van der Waals surface area contributed by atoms with E-state index in [4.69, 9.17) is 17.3 Å². The minimum Gasteiger partial charge on any atom is -0.368 e. The van der Waals surface area contributed by atoms with Crippen LogP contribution in [-0.4, -0.2) is 21.5 Å². The van der Waals surface area contributed by atoms with Crippen LogP contribution in [-0.2, 0) is 6.42 Å². The van der Waals surface area contributed by atoms with Crippen LogP contribution in [0.4, 0.5) is 16.3 Å². The highest BCUT2D eigenvalue weighted by Gasteiger charge is 2.03. The van der Waals surface area contributed by atoms with Gasteiger partial charge >= 0.3 is 0 Å². The smallest absolute Gasteiger partial charge is 0.228 e. The van der Waals surface area contributed by atoms with Gasteiger partial charge in [0.05, 0.1) is 0 Å². The van der Waals surface area contributed by atoms with Crippen molar-refractivity contribution in [3.05, 3.63) is 40.4 Å². The molecule has 0 aliphatic carbocycles. The average Bonchev–Trinajstić information content (AvgIpc) is 2.30. The summed E-state index contributed by atoms with van der Waals surface area (Å²) in [6.07, 6.45) is 0.718. The molecule has 100 valence electrons. The van der Waals surface area contributed by atoms with Crippen molar-refractivity contribution < 1.29 is 4.39 Å². The van der Waals surface area contributed by atoms with E-state index in [-0.39, 0.29) is 17.0 Å². The number of anilines is 2. The number of nitrogens with one attached hydrogen (secondary N) is 1. The SMILES string of the molecule is Cc1cc(F)ccc1CCNc1nc(N)nc(Cl)n1. The molecule has 0 fully saturated rings. The van der Waals surface area contributed by atoms with E-state index >= 15 is 0 Å². The Morgan fingerprint density at radius 2 is 2.11 bits per heavy atom. The van der Waals surface area contributed by atoms with E-state index in [9.17, 15) is 4.39 Å². The molecule has 0 atom stereocenters. The average molecular weight is 282 g/mol. The van der Waals surface area contributed by atoms with Crippen LogP contribution in [0, 0.1) is 12.7 Å². The lowest BCUT2D eigenvalue weighted by atomic mass is 10.1. The molecular formula is C12H13ClFN5. The number of aryl methyl sites for hydroxylation is 1. The number of aromatic nitrogens is 3. The molecule has 5 nitrogen and oxygen atoms in total. The van der Waals surface area contributed by atoms with Crippen LogP contribution in [0.2, 0.25) is 5.28 Å². The summed E-state index contributed by atoms with van der Waals surface area (Å²) in [5, 5.41) is 3.05. The first kappa shape index (κ1) is 13.5. The Balaban J connectivity index is 1.96. The molecule has 0 saturated heterocycles. The zero-order valence-corrected chi connectivity index (χ0v) is 11.1. The zero-order valence-electron chi connectivity index (χ0n) is 10.3. The van der Waals surface area contributed by atoms with Crippen molar-refractivity contribution in [1.82, 2.24) is 15.0 Å². The molecule has 2 rings (SSSR count). The molecule has 3 N–H and O–H groups in total. The summed E-state index contributed by atoms with van der Waals surface area (Å²) in [6.45, 7) is 2.46. The summed E-state index contributed by atoms with van der Waals surface area (Å²) < 4.78 is 13.0. The predicted octanol–water partition coefficient (Wildman–Crippen LogP) is 2.21. The van der Waals surface area contributed by atoms with Gasteiger partial charge in [-0.3, -0.25) is 0 Å². The van der Waals surface area contributed by atoms with Crippen LogP contribution in [0.25, 0.3) is 0 Å². The van der Waals surface area contributed by atoms with Crippen molar-refractivity contribution in [3.8, 4) is 0 Å². The maximum atomic E-state index is 13.0. The fourth-order valence-electron chi connectivity index (χ4n) is 1.69. The van der Waals surface area contributed by atoms with Gasteiger partial charge in [-0.2, -0.15) is 15.0 Å². The molecule has 0 bridgehead atoms. The van der Waals surface area contributed by atoms with Crippen molar-refractivity contribution >= 4 is 23.5 Å². The fraction of sp³-hybridized carbons (Fsp3) is 0.250. The van der Waals surface area contributed by atoms with Crippen LogP contribution in [0.15, 0.2) is 18.2 Å². The lowest BCUT2D eigenvalue weighted by Gasteiger charge is -2.07. The van der Waals surface area contributed by atoms with Gasteiger partial charge in [0.15, 0.2) is 0 Å². The minimum absolute atomic E-state index is 0.0490. The number of nitrogens with two attached hydrogens (primary N) is 1. The molecule has 0 spiro atoms. The second-order valence-corrected chi connectivity index (χ2v) is 4.37. The van der Waals surface area contributed by atoms with E-state index in [1.807, 2.05) is 6.92 Å². The second kappa shape index (κ2) is 5.79. The lowest BCUT2D eigenvalue weighted by molar-refractivity contribution is 0.625. The summed E-state index contributed by atoms with van der Waals surface area (Å²) in [7, 11) is 0. The molecule has 0 aliphatic rings. The maximum absolute atomic E-state index is 13.0. The van der Waals surface area contributed by atoms with Crippen molar-refractivity contribution in [3.63, 3.8) is 0 Å². The number of rotatable bonds is 4. The van der Waals surface area contributed by atoms with Gasteiger partial charge in [0.1, 0.15) is 5.82 Å². The second-order valence-electron chi connectivity index (χ2n) is 4.03. The van der Waals surface area contributed by atoms with Crippen LogP contribution in [0.3, 0.4) is 0 Å². The summed E-state index contributed by atoms with van der Waals surface area (Å²) in [5.41, 5.74) is 7.42. The molecule has 2 aromatic rings. The summed E-state index contributed by atoms with van der Waals surface area (Å²) in [4.78, 5) is 11.5. The molecule has 0 unspecified atom stereocenters. The number of nitrogen functional groups attached to an aromatic ring is 1. The third kappa shape index (κ3) is 3.75. The Kier molecular flexibility index (Phi) is 4.11. The quantitative estimate of drug-likeness (QED) is 0.898. The monoisotopic (exact) mass is 281 g/mol. The number of nitrogens with zero attached hydrogens (tertiary/aromatic N) is 3. The Labute approximate surface area is 115 Å². The first-order valence-electron chi connectivity index (χ1n) is 5.70. The van der Waals surface area contributed by atoms with Crippen molar-refractivity contribution in [1.29, 1.82) is 0 Å². The number of hydrogen-bond donors (Lipinski definition) is 2. The van der Waals surface area contributed by atoms with Crippen LogP contribution in [0.1, 0.15) is 11.1 Å². The molecular weight excluding hydrogens is 269 g/mol. The first-order chi connectivity index (χ1) is 9.04. The van der Waals surface area contributed by atoms with Crippen LogP contribution >= 0.6 is 11.6 Å². The topological polar surface area (TPSA) is 76.7 Å². The predicted molar refractivity (Wildman–Crippen MR) is 72.6 cm³/mol. The number of benzene rings is 1. The van der Waals surface area contributed by atoms with Gasteiger partial charge in [-0.05, 0) is 48.2 Å². The van der Waals surface area contributed by atoms with Gasteiger partial charge in [0, 0.05) is 6.54 Å². The molecule has 0 aliphatic heterocycles. The lowest BCUT2D eigenvalue weighted by Crippen LogP contribution is -2.10. The molecule has 0 amide bonds. The van der Waals surface area contributed by atoms with Crippen LogP contribution in [0.5, 0.6) is 0 Å². The molecule has 0 radical (unpaired) electrons. The van der Waals surface area contributed by atoms with E-state index in [0.717, 1.165) is 17.5 Å². The molecule has 1 aromatic heterocycles. The third-order valence-corrected chi connectivity index (χ3v) is 2.78. The van der Waals surface area contributed by atoms with E-state index in [2.05, 4.69) is 20.3 Å². The summed E-state index contributed by atoms with van der Waals surface area (Å²) in [5.74, 6) is 0.170. The Hall–Kier alpha value is -1.95. The van der Waals surface area contributed by atoms with Crippen molar-refractivity contribution in [2.75, 3.05) is 17.6 Å². The molecule has 1 heterocycles.